The van der Waals surface area contributed by atoms with Crippen LogP contribution < -0.4 is 5.56 Å². The smallest absolute Gasteiger partial charge is 0.256 e. The zero-order valence-corrected chi connectivity index (χ0v) is 15.1. The summed E-state index contributed by atoms with van der Waals surface area (Å²) in [6, 6.07) is 0. The van der Waals surface area contributed by atoms with Gasteiger partial charge in [-0.05, 0) is 52.1 Å². The number of fused-ring (bicyclic) bond motifs is 1. The summed E-state index contributed by atoms with van der Waals surface area (Å²) in [6.45, 7) is 8.60. The quantitative estimate of drug-likeness (QED) is 0.838. The molecule has 1 saturated heterocycles. The second kappa shape index (κ2) is 6.71. The van der Waals surface area contributed by atoms with E-state index in [-0.39, 0.29) is 5.56 Å². The summed E-state index contributed by atoms with van der Waals surface area (Å²) < 4.78 is 4.07. The van der Waals surface area contributed by atoms with Gasteiger partial charge in [0.05, 0.1) is 12.9 Å². The molecule has 2 aromatic rings. The van der Waals surface area contributed by atoms with Crippen LogP contribution in [0.15, 0.2) is 11.1 Å². The van der Waals surface area contributed by atoms with Gasteiger partial charge in [0.15, 0.2) is 0 Å². The molecule has 0 bridgehead atoms. The van der Waals surface area contributed by atoms with E-state index in [0.29, 0.717) is 5.92 Å². The number of aromatic nitrogens is 5. The minimum Gasteiger partial charge on any atom is -0.314 e. The Labute approximate surface area is 147 Å². The van der Waals surface area contributed by atoms with E-state index < -0.39 is 0 Å². The Morgan fingerprint density at radius 3 is 2.76 bits per heavy atom. The Balaban J connectivity index is 1.34. The highest BCUT2D eigenvalue weighted by Gasteiger charge is 2.23. The predicted molar refractivity (Wildman–Crippen MR) is 94.3 cm³/mol. The minimum absolute atomic E-state index is 0.106. The van der Waals surface area contributed by atoms with Gasteiger partial charge in [0.1, 0.15) is 11.6 Å². The van der Waals surface area contributed by atoms with Crippen molar-refractivity contribution in [1.82, 2.24) is 29.2 Å². The lowest BCUT2D eigenvalue weighted by atomic mass is 9.96. The van der Waals surface area contributed by atoms with Crippen molar-refractivity contribution in [2.75, 3.05) is 13.1 Å². The van der Waals surface area contributed by atoms with Crippen molar-refractivity contribution in [3.8, 4) is 0 Å². The number of aryl methyl sites for hydroxylation is 2. The summed E-state index contributed by atoms with van der Waals surface area (Å²) in [4.78, 5) is 19.1. The molecule has 0 radical (unpaired) electrons. The molecule has 2 aliphatic heterocycles. The molecule has 2 aromatic heterocycles. The van der Waals surface area contributed by atoms with Crippen LogP contribution in [-0.2, 0) is 26.1 Å². The van der Waals surface area contributed by atoms with E-state index in [1.165, 1.54) is 6.42 Å². The molecule has 0 unspecified atom stereocenters. The molecule has 1 fully saturated rings. The monoisotopic (exact) mass is 342 g/mol. The van der Waals surface area contributed by atoms with E-state index >= 15 is 0 Å². The fourth-order valence-electron chi connectivity index (χ4n) is 3.94. The lowest BCUT2D eigenvalue weighted by Crippen LogP contribution is -2.37. The molecular weight excluding hydrogens is 316 g/mol. The van der Waals surface area contributed by atoms with Crippen LogP contribution in [0.5, 0.6) is 0 Å². The molecule has 0 atom stereocenters. The summed E-state index contributed by atoms with van der Waals surface area (Å²) in [7, 11) is 0. The van der Waals surface area contributed by atoms with Crippen molar-refractivity contribution < 1.29 is 0 Å². The topological polar surface area (TPSA) is 68.8 Å². The van der Waals surface area contributed by atoms with Gasteiger partial charge in [0.2, 0.25) is 0 Å². The van der Waals surface area contributed by atoms with Gasteiger partial charge in [0, 0.05) is 30.8 Å². The molecule has 25 heavy (non-hydrogen) atoms. The maximum absolute atomic E-state index is 12.3. The highest BCUT2D eigenvalue weighted by Crippen LogP contribution is 2.21. The third-order valence-corrected chi connectivity index (χ3v) is 5.73. The number of piperidine rings is 1. The highest BCUT2D eigenvalue weighted by molar-refractivity contribution is 5.12. The first-order valence-corrected chi connectivity index (χ1v) is 9.28. The van der Waals surface area contributed by atoms with Crippen LogP contribution in [0.1, 0.15) is 42.2 Å². The van der Waals surface area contributed by atoms with Crippen LogP contribution in [-0.4, -0.2) is 42.3 Å². The molecule has 0 N–H and O–H groups in total. The normalized spacial score (nSPS) is 18.6. The molecule has 4 heterocycles. The van der Waals surface area contributed by atoms with E-state index in [1.54, 1.807) is 10.9 Å². The first-order valence-electron chi connectivity index (χ1n) is 9.28. The fourth-order valence-corrected chi connectivity index (χ4v) is 3.94. The third-order valence-electron chi connectivity index (χ3n) is 5.73. The first kappa shape index (κ1) is 16.4. The van der Waals surface area contributed by atoms with Crippen LogP contribution >= 0.6 is 0 Å². The molecule has 0 saturated carbocycles. The summed E-state index contributed by atoms with van der Waals surface area (Å²) in [5.74, 6) is 2.80. The summed E-state index contributed by atoms with van der Waals surface area (Å²) in [5.41, 5.74) is 1.70. The first-order chi connectivity index (χ1) is 12.1. The zero-order valence-electron chi connectivity index (χ0n) is 15.1. The van der Waals surface area contributed by atoms with Crippen molar-refractivity contribution >= 4 is 0 Å². The number of likely N-dealkylation sites (tertiary alicyclic amines) is 1. The Morgan fingerprint density at radius 1 is 1.16 bits per heavy atom. The third kappa shape index (κ3) is 3.25. The zero-order chi connectivity index (χ0) is 17.4. The fraction of sp³-hybridized carbons (Fsp3) is 0.667. The minimum atomic E-state index is 0.106. The lowest BCUT2D eigenvalue weighted by molar-refractivity contribution is 0.161. The maximum atomic E-state index is 12.3. The van der Waals surface area contributed by atoms with Gasteiger partial charge in [-0.25, -0.2) is 4.98 Å². The predicted octanol–water partition coefficient (Wildman–Crippen LogP) is 1.31. The number of hydrogen-bond donors (Lipinski definition) is 0. The largest absolute Gasteiger partial charge is 0.314 e. The van der Waals surface area contributed by atoms with E-state index in [9.17, 15) is 4.79 Å². The average Bonchev–Trinajstić information content (AvgIpc) is 3.22. The maximum Gasteiger partial charge on any atom is 0.256 e. The Morgan fingerprint density at radius 2 is 1.96 bits per heavy atom. The van der Waals surface area contributed by atoms with Crippen LogP contribution in [0, 0.1) is 19.8 Å². The van der Waals surface area contributed by atoms with E-state index in [0.717, 1.165) is 74.9 Å². The average molecular weight is 342 g/mol. The van der Waals surface area contributed by atoms with E-state index in [2.05, 4.69) is 24.6 Å². The molecule has 134 valence electrons. The van der Waals surface area contributed by atoms with Crippen molar-refractivity contribution in [2.24, 2.45) is 5.92 Å². The second-order valence-corrected chi connectivity index (χ2v) is 7.42. The summed E-state index contributed by atoms with van der Waals surface area (Å²) in [5, 5.41) is 8.67. The molecule has 4 rings (SSSR count). The molecule has 0 spiro atoms. The molecule has 0 aromatic carbocycles. The standard InChI is InChI=1S/C18H26N6O/c1-13-14(2)19-12-23(18(13)25)10-15-5-8-22(9-6-15)11-17-21-20-16-4-3-7-24(16)17/h12,15H,3-11H2,1-2H3. The van der Waals surface area contributed by atoms with Crippen LogP contribution in [0.25, 0.3) is 0 Å². The van der Waals surface area contributed by atoms with Gasteiger partial charge in [0.25, 0.3) is 5.56 Å². The molecular formula is C18H26N6O. The van der Waals surface area contributed by atoms with Crippen LogP contribution in [0.3, 0.4) is 0 Å². The number of rotatable bonds is 4. The number of nitrogens with zero attached hydrogens (tertiary/aromatic N) is 6. The molecule has 7 heteroatoms. The van der Waals surface area contributed by atoms with Crippen LogP contribution in [0.4, 0.5) is 0 Å². The molecule has 0 amide bonds. The van der Waals surface area contributed by atoms with Gasteiger partial charge in [-0.2, -0.15) is 0 Å². The Hall–Kier alpha value is -2.02. The molecule has 0 aliphatic carbocycles. The summed E-state index contributed by atoms with van der Waals surface area (Å²) >= 11 is 0. The lowest BCUT2D eigenvalue weighted by Gasteiger charge is -2.31. The molecule has 2 aliphatic rings. The highest BCUT2D eigenvalue weighted by atomic mass is 16.1. The van der Waals surface area contributed by atoms with Gasteiger partial charge in [-0.1, -0.05) is 0 Å². The van der Waals surface area contributed by atoms with Gasteiger partial charge in [-0.15, -0.1) is 10.2 Å². The van der Waals surface area contributed by atoms with E-state index in [1.807, 2.05) is 13.8 Å². The van der Waals surface area contributed by atoms with Gasteiger partial charge >= 0.3 is 0 Å². The van der Waals surface area contributed by atoms with Crippen molar-refractivity contribution in [3.05, 3.63) is 39.6 Å². The Kier molecular flexibility index (Phi) is 4.41. The Bertz CT molecular complexity index is 815. The summed E-state index contributed by atoms with van der Waals surface area (Å²) in [6.07, 6.45) is 6.18. The van der Waals surface area contributed by atoms with Crippen LogP contribution in [0.2, 0.25) is 0 Å². The number of hydrogen-bond acceptors (Lipinski definition) is 5. The second-order valence-electron chi connectivity index (χ2n) is 7.42. The van der Waals surface area contributed by atoms with Crippen molar-refractivity contribution in [2.45, 2.75) is 59.2 Å². The van der Waals surface area contributed by atoms with Crippen molar-refractivity contribution in [1.29, 1.82) is 0 Å². The van der Waals surface area contributed by atoms with E-state index in [4.69, 9.17) is 0 Å². The van der Waals surface area contributed by atoms with Gasteiger partial charge in [-0.3, -0.25) is 14.3 Å². The molecule has 7 nitrogen and oxygen atoms in total. The van der Waals surface area contributed by atoms with Crippen molar-refractivity contribution in [3.63, 3.8) is 0 Å². The SMILES string of the molecule is Cc1ncn(CC2CCN(Cc3nnc4n3CCC4)CC2)c(=O)c1C. The van der Waals surface area contributed by atoms with Gasteiger partial charge < -0.3 is 4.57 Å².